The van der Waals surface area contributed by atoms with E-state index < -0.39 is 37.4 Å². The van der Waals surface area contributed by atoms with E-state index in [1.807, 2.05) is 18.2 Å². The van der Waals surface area contributed by atoms with Crippen LogP contribution in [0.2, 0.25) is 36.3 Å². The molecule has 0 saturated heterocycles. The van der Waals surface area contributed by atoms with Crippen LogP contribution in [0.4, 0.5) is 0 Å². The van der Waals surface area contributed by atoms with Gasteiger partial charge in [0.05, 0.1) is 71.2 Å². The molecular formula is C30H46O6Si4. The molecule has 0 saturated carbocycles. The summed E-state index contributed by atoms with van der Waals surface area (Å²) in [4.78, 5) is 0. The molecule has 3 aromatic carbocycles. The normalized spacial score (nSPS) is 12.4. The Morgan fingerprint density at radius 1 is 0.450 bits per heavy atom. The van der Waals surface area contributed by atoms with Crippen molar-refractivity contribution in [2.24, 2.45) is 0 Å². The van der Waals surface area contributed by atoms with E-state index in [0.29, 0.717) is 0 Å². The Morgan fingerprint density at radius 2 is 0.750 bits per heavy atom. The van der Waals surface area contributed by atoms with Gasteiger partial charge in [-0.05, 0) is 33.8 Å². The lowest BCUT2D eigenvalue weighted by Gasteiger charge is -2.18. The molecule has 218 valence electrons. The minimum atomic E-state index is -0.902. The molecule has 0 aliphatic heterocycles. The molecule has 0 aliphatic rings. The van der Waals surface area contributed by atoms with Crippen LogP contribution in [0.25, 0.3) is 0 Å². The highest BCUT2D eigenvalue weighted by Crippen LogP contribution is 2.26. The number of hydrogen-bond acceptors (Lipinski definition) is 6. The summed E-state index contributed by atoms with van der Waals surface area (Å²) in [7, 11) is 8.21. The lowest BCUT2D eigenvalue weighted by Crippen LogP contribution is -2.24. The maximum absolute atomic E-state index is 5.72. The van der Waals surface area contributed by atoms with Gasteiger partial charge in [-0.3, -0.25) is 0 Å². The zero-order chi connectivity index (χ0) is 28.7. The van der Waals surface area contributed by atoms with E-state index in [1.54, 1.807) is 42.7 Å². The first-order chi connectivity index (χ1) is 19.6. The molecule has 0 aromatic heterocycles. The van der Waals surface area contributed by atoms with E-state index in [-0.39, 0.29) is 0 Å². The second kappa shape index (κ2) is 17.2. The quantitative estimate of drug-likeness (QED) is 0.205. The predicted octanol–water partition coefficient (Wildman–Crippen LogP) is 2.00. The summed E-state index contributed by atoms with van der Waals surface area (Å²) in [5, 5.41) is 4.13. The largest absolute Gasteiger partial charge is 0.493 e. The molecule has 0 unspecified atom stereocenters. The Hall–Kier alpha value is -2.67. The van der Waals surface area contributed by atoms with Crippen LogP contribution in [0.1, 0.15) is 0 Å². The third-order valence-corrected chi connectivity index (χ3v) is 19.3. The number of hydrogen-bond donors (Lipinski definition) is 0. The van der Waals surface area contributed by atoms with Crippen molar-refractivity contribution in [3.05, 3.63) is 54.6 Å². The zero-order valence-corrected chi connectivity index (χ0v) is 30.5. The van der Waals surface area contributed by atoms with Crippen LogP contribution in [0.5, 0.6) is 34.5 Å². The monoisotopic (exact) mass is 614 g/mol. The number of benzene rings is 3. The summed E-state index contributed by atoms with van der Waals surface area (Å²) in [6.07, 6.45) is 0. The van der Waals surface area contributed by atoms with E-state index in [9.17, 15) is 0 Å². The topological polar surface area (TPSA) is 55.4 Å². The SMILES string of the molecule is COc1cccc([SiH2]CC[SiH](CC[SiH2]c2cccc(OC)c2OC)CC[SiH2]c2cccc(OC)c2OC)c1OC. The Bertz CT molecular complexity index is 1050. The van der Waals surface area contributed by atoms with E-state index in [4.69, 9.17) is 28.4 Å². The molecule has 0 atom stereocenters. The van der Waals surface area contributed by atoms with E-state index >= 15 is 0 Å². The van der Waals surface area contributed by atoms with Crippen LogP contribution in [-0.2, 0) is 0 Å². The van der Waals surface area contributed by atoms with Crippen LogP contribution in [0.15, 0.2) is 54.6 Å². The third kappa shape index (κ3) is 8.66. The van der Waals surface area contributed by atoms with Gasteiger partial charge in [0.1, 0.15) is 0 Å². The molecule has 3 aromatic rings. The van der Waals surface area contributed by atoms with Gasteiger partial charge in [0.25, 0.3) is 0 Å². The molecule has 0 spiro atoms. The second-order valence-corrected chi connectivity index (χ2v) is 19.4. The summed E-state index contributed by atoms with van der Waals surface area (Å²) in [6, 6.07) is 27.1. The van der Waals surface area contributed by atoms with E-state index in [0.717, 1.165) is 34.5 Å². The number of para-hydroxylation sites is 3. The molecule has 3 rings (SSSR count). The van der Waals surface area contributed by atoms with E-state index in [2.05, 4.69) is 36.4 Å². The van der Waals surface area contributed by atoms with Gasteiger partial charge >= 0.3 is 0 Å². The fraction of sp³-hybridized carbons (Fsp3) is 0.400. The maximum atomic E-state index is 5.72. The average Bonchev–Trinajstić information content (AvgIpc) is 2.99. The maximum Gasteiger partial charge on any atom is 0.160 e. The number of methoxy groups -OCH3 is 6. The fourth-order valence-electron chi connectivity index (χ4n) is 5.63. The second-order valence-electron chi connectivity index (χ2n) is 10.0. The van der Waals surface area contributed by atoms with Gasteiger partial charge in [-0.25, -0.2) is 0 Å². The Kier molecular flexibility index (Phi) is 13.7. The van der Waals surface area contributed by atoms with Crippen molar-refractivity contribution >= 4 is 52.9 Å². The van der Waals surface area contributed by atoms with Crippen LogP contribution < -0.4 is 44.0 Å². The molecule has 6 nitrogen and oxygen atoms in total. The lowest BCUT2D eigenvalue weighted by molar-refractivity contribution is 0.357. The highest BCUT2D eigenvalue weighted by molar-refractivity contribution is 6.66. The zero-order valence-electron chi connectivity index (χ0n) is 25.1. The van der Waals surface area contributed by atoms with Gasteiger partial charge in [0.2, 0.25) is 0 Å². The minimum Gasteiger partial charge on any atom is -0.493 e. The summed E-state index contributed by atoms with van der Waals surface area (Å²) in [6.45, 7) is 0. The van der Waals surface area contributed by atoms with Crippen molar-refractivity contribution < 1.29 is 28.4 Å². The standard InChI is InChI=1S/C30H46O6Si4/c1-31-22-10-7-13-25(28(22)34-4)37-16-19-40(20-17-38-26-14-8-11-23(32-2)29(26)35-5)21-18-39-27-15-9-12-24(33-3)30(27)36-6/h7-15,40H,16-21,37-39H2,1-6H3. The van der Waals surface area contributed by atoms with Gasteiger partial charge in [-0.1, -0.05) is 72.7 Å². The van der Waals surface area contributed by atoms with Crippen molar-refractivity contribution in [3.63, 3.8) is 0 Å². The van der Waals surface area contributed by atoms with Crippen LogP contribution in [-0.4, -0.2) is 80.0 Å². The van der Waals surface area contributed by atoms with Crippen molar-refractivity contribution in [1.82, 2.24) is 0 Å². The predicted molar refractivity (Wildman–Crippen MR) is 179 cm³/mol. The third-order valence-electron chi connectivity index (χ3n) is 7.63. The van der Waals surface area contributed by atoms with Crippen molar-refractivity contribution in [1.29, 1.82) is 0 Å². The van der Waals surface area contributed by atoms with Crippen LogP contribution in [0.3, 0.4) is 0 Å². The van der Waals surface area contributed by atoms with Crippen molar-refractivity contribution in [2.75, 3.05) is 42.7 Å². The minimum absolute atomic E-state index is 0.431. The number of rotatable bonds is 18. The summed E-state index contributed by atoms with van der Waals surface area (Å²) >= 11 is 0. The highest BCUT2D eigenvalue weighted by Gasteiger charge is 2.17. The molecule has 0 aliphatic carbocycles. The summed E-state index contributed by atoms with van der Waals surface area (Å²) < 4.78 is 33.8. The molecule has 0 radical (unpaired) electrons. The first kappa shape index (κ1) is 31.8. The first-order valence-electron chi connectivity index (χ1n) is 14.2. The fourth-order valence-corrected chi connectivity index (χ4v) is 19.6. The van der Waals surface area contributed by atoms with Crippen molar-refractivity contribution in [2.45, 2.75) is 36.3 Å². The van der Waals surface area contributed by atoms with Crippen molar-refractivity contribution in [3.8, 4) is 34.5 Å². The Balaban J connectivity index is 1.65. The molecule has 0 N–H and O–H groups in total. The molecule has 10 heteroatoms. The first-order valence-corrected chi connectivity index (χ1v) is 21.8. The van der Waals surface area contributed by atoms with Gasteiger partial charge in [-0.15, -0.1) is 0 Å². The summed E-state index contributed by atoms with van der Waals surface area (Å²) in [5.41, 5.74) is 0. The lowest BCUT2D eigenvalue weighted by atomic mass is 10.3. The molecule has 0 amide bonds. The molecular weight excluding hydrogens is 569 g/mol. The smallest absolute Gasteiger partial charge is 0.160 e. The molecule has 40 heavy (non-hydrogen) atoms. The Labute approximate surface area is 248 Å². The van der Waals surface area contributed by atoms with Crippen LogP contribution >= 0.6 is 0 Å². The molecule has 0 fully saturated rings. The van der Waals surface area contributed by atoms with Crippen LogP contribution in [0, 0.1) is 0 Å². The number of ether oxygens (including phenoxy) is 6. The van der Waals surface area contributed by atoms with Gasteiger partial charge in [-0.2, -0.15) is 0 Å². The van der Waals surface area contributed by atoms with Gasteiger partial charge in [0, 0.05) is 8.80 Å². The highest BCUT2D eigenvalue weighted by atomic mass is 28.3. The van der Waals surface area contributed by atoms with Gasteiger partial charge < -0.3 is 28.4 Å². The summed E-state index contributed by atoms with van der Waals surface area (Å²) in [5.74, 6) is 5.34. The molecule has 0 bridgehead atoms. The van der Waals surface area contributed by atoms with E-state index in [1.165, 1.54) is 51.8 Å². The Morgan fingerprint density at radius 3 is 1.00 bits per heavy atom. The average molecular weight is 615 g/mol. The van der Waals surface area contributed by atoms with Gasteiger partial charge in [0.15, 0.2) is 34.5 Å². The molecule has 0 heterocycles.